The molecular weight excluding hydrogens is 446 g/mol. The van der Waals surface area contributed by atoms with Gasteiger partial charge in [0.2, 0.25) is 0 Å². The predicted octanol–water partition coefficient (Wildman–Crippen LogP) is 4.03. The molecule has 2 fully saturated rings. The topological polar surface area (TPSA) is 97.0 Å². The Kier molecular flexibility index (Phi) is 6.25. The Balaban J connectivity index is 1.55. The summed E-state index contributed by atoms with van der Waals surface area (Å²) < 4.78 is 13.6. The minimum atomic E-state index is -1.33. The first-order valence-electron chi connectivity index (χ1n) is 12.1. The van der Waals surface area contributed by atoms with Gasteiger partial charge in [0, 0.05) is 18.7 Å². The number of nitrogens with zero attached hydrogens (tertiary/aromatic N) is 3. The van der Waals surface area contributed by atoms with Gasteiger partial charge < -0.3 is 24.6 Å². The van der Waals surface area contributed by atoms with E-state index in [0.717, 1.165) is 54.2 Å². The van der Waals surface area contributed by atoms with Crippen molar-refractivity contribution in [2.45, 2.75) is 57.5 Å². The minimum Gasteiger partial charge on any atom is -0.490 e. The van der Waals surface area contributed by atoms with Crippen LogP contribution in [0.15, 0.2) is 54.6 Å². The SMILES string of the molecule is CC(C)(OCc1cc(-c2cccc(OC3CC3)c2)n(-c2ccccc2N2CC[C@@H](O)C2)n1)C(=O)O. The number of aliphatic carboxylic acids is 1. The van der Waals surface area contributed by atoms with Crippen LogP contribution in [0, 0.1) is 0 Å². The number of para-hydroxylation sites is 2. The van der Waals surface area contributed by atoms with E-state index in [-0.39, 0.29) is 12.7 Å². The lowest BCUT2D eigenvalue weighted by Crippen LogP contribution is -2.34. The molecule has 0 radical (unpaired) electrons. The Morgan fingerprint density at radius 3 is 2.54 bits per heavy atom. The molecule has 0 spiro atoms. The van der Waals surface area contributed by atoms with Gasteiger partial charge in [0.15, 0.2) is 5.60 Å². The second kappa shape index (κ2) is 9.36. The summed E-state index contributed by atoms with van der Waals surface area (Å²) in [7, 11) is 0. The van der Waals surface area contributed by atoms with Crippen molar-refractivity contribution in [2.75, 3.05) is 18.0 Å². The van der Waals surface area contributed by atoms with Crippen LogP contribution in [0.2, 0.25) is 0 Å². The maximum atomic E-state index is 11.5. The summed E-state index contributed by atoms with van der Waals surface area (Å²) in [5, 5.41) is 24.4. The van der Waals surface area contributed by atoms with Gasteiger partial charge in [-0.15, -0.1) is 0 Å². The second-order valence-electron chi connectivity index (χ2n) is 9.76. The fourth-order valence-corrected chi connectivity index (χ4v) is 4.18. The number of carboxylic acid groups (broad SMARTS) is 1. The zero-order valence-corrected chi connectivity index (χ0v) is 20.1. The Hall–Kier alpha value is -3.36. The highest BCUT2D eigenvalue weighted by molar-refractivity contribution is 5.76. The van der Waals surface area contributed by atoms with E-state index in [1.807, 2.05) is 59.3 Å². The summed E-state index contributed by atoms with van der Waals surface area (Å²) in [6.45, 7) is 4.45. The first-order valence-corrected chi connectivity index (χ1v) is 12.1. The van der Waals surface area contributed by atoms with Gasteiger partial charge in [-0.2, -0.15) is 5.10 Å². The molecule has 184 valence electrons. The van der Waals surface area contributed by atoms with Crippen molar-refractivity contribution in [1.29, 1.82) is 0 Å². The smallest absolute Gasteiger partial charge is 0.335 e. The first kappa shape index (κ1) is 23.4. The number of benzene rings is 2. The number of carboxylic acids is 1. The van der Waals surface area contributed by atoms with E-state index in [2.05, 4.69) is 4.90 Å². The summed E-state index contributed by atoms with van der Waals surface area (Å²) in [4.78, 5) is 13.7. The van der Waals surface area contributed by atoms with Crippen molar-refractivity contribution >= 4 is 11.7 Å². The average molecular weight is 478 g/mol. The van der Waals surface area contributed by atoms with Gasteiger partial charge in [-0.05, 0) is 63.4 Å². The van der Waals surface area contributed by atoms with E-state index in [9.17, 15) is 15.0 Å². The Morgan fingerprint density at radius 2 is 1.86 bits per heavy atom. The van der Waals surface area contributed by atoms with Gasteiger partial charge in [-0.1, -0.05) is 24.3 Å². The maximum Gasteiger partial charge on any atom is 0.335 e. The number of ether oxygens (including phenoxy) is 2. The van der Waals surface area contributed by atoms with E-state index < -0.39 is 11.6 Å². The normalized spacial score (nSPS) is 18.1. The van der Waals surface area contributed by atoms with Crippen molar-refractivity contribution < 1.29 is 24.5 Å². The minimum absolute atomic E-state index is 0.0577. The monoisotopic (exact) mass is 477 g/mol. The van der Waals surface area contributed by atoms with Crippen LogP contribution >= 0.6 is 0 Å². The van der Waals surface area contributed by atoms with E-state index in [4.69, 9.17) is 14.6 Å². The summed E-state index contributed by atoms with van der Waals surface area (Å²) in [5.74, 6) is -0.210. The van der Waals surface area contributed by atoms with E-state index in [1.165, 1.54) is 13.8 Å². The number of aliphatic hydroxyl groups is 1. The Labute approximate surface area is 204 Å². The van der Waals surface area contributed by atoms with Gasteiger partial charge in [-0.25, -0.2) is 9.48 Å². The number of rotatable bonds is 9. The zero-order valence-electron chi connectivity index (χ0n) is 20.1. The van der Waals surface area contributed by atoms with Crippen LogP contribution in [-0.4, -0.2) is 56.9 Å². The second-order valence-corrected chi connectivity index (χ2v) is 9.76. The molecule has 8 heteroatoms. The van der Waals surface area contributed by atoms with E-state index in [1.54, 1.807) is 0 Å². The molecule has 1 aromatic heterocycles. The van der Waals surface area contributed by atoms with Crippen molar-refractivity contribution in [2.24, 2.45) is 0 Å². The summed E-state index contributed by atoms with van der Waals surface area (Å²) >= 11 is 0. The van der Waals surface area contributed by atoms with Crippen molar-refractivity contribution in [3.63, 3.8) is 0 Å². The number of aromatic nitrogens is 2. The Morgan fingerprint density at radius 1 is 1.09 bits per heavy atom. The third kappa shape index (κ3) is 5.18. The van der Waals surface area contributed by atoms with Gasteiger partial charge in [-0.3, -0.25) is 0 Å². The average Bonchev–Trinajstić information content (AvgIpc) is 3.38. The molecule has 8 nitrogen and oxygen atoms in total. The molecular formula is C27H31N3O5. The number of aliphatic hydroxyl groups excluding tert-OH is 1. The third-order valence-corrected chi connectivity index (χ3v) is 6.43. The van der Waals surface area contributed by atoms with Gasteiger partial charge in [0.1, 0.15) is 5.75 Å². The molecule has 0 unspecified atom stereocenters. The summed E-state index contributed by atoms with van der Waals surface area (Å²) in [6.07, 6.45) is 2.83. The standard InChI is InChI=1S/C27H31N3O5/c1-27(2,26(32)33)34-17-19-15-25(18-6-5-7-22(14-18)35-21-10-11-21)30(28-19)24-9-4-3-8-23(24)29-13-12-20(31)16-29/h3-9,14-15,20-21,31H,10-13,16-17H2,1-2H3,(H,32,33)/t20-/m1/s1. The van der Waals surface area contributed by atoms with Gasteiger partial charge >= 0.3 is 5.97 Å². The lowest BCUT2D eigenvalue weighted by atomic mass is 10.1. The number of β-amino-alcohol motifs (C(OH)–C–C–N with tert-alkyl or cyclic N) is 1. The highest BCUT2D eigenvalue weighted by Gasteiger charge is 2.29. The first-order chi connectivity index (χ1) is 16.8. The molecule has 1 aliphatic carbocycles. The van der Waals surface area contributed by atoms with Crippen molar-refractivity contribution in [3.05, 3.63) is 60.3 Å². The van der Waals surface area contributed by atoms with Gasteiger partial charge in [0.25, 0.3) is 0 Å². The lowest BCUT2D eigenvalue weighted by molar-refractivity contribution is -0.162. The number of hydrogen-bond acceptors (Lipinski definition) is 6. The molecule has 35 heavy (non-hydrogen) atoms. The van der Waals surface area contributed by atoms with E-state index >= 15 is 0 Å². The quantitative estimate of drug-likeness (QED) is 0.480. The van der Waals surface area contributed by atoms with Crippen LogP contribution in [0.3, 0.4) is 0 Å². The molecule has 2 aromatic carbocycles. The fourth-order valence-electron chi connectivity index (χ4n) is 4.18. The van der Waals surface area contributed by atoms with Crippen LogP contribution < -0.4 is 9.64 Å². The molecule has 1 atom stereocenters. The van der Waals surface area contributed by atoms with Crippen LogP contribution in [0.25, 0.3) is 16.9 Å². The molecule has 0 bridgehead atoms. The molecule has 1 saturated heterocycles. The third-order valence-electron chi connectivity index (χ3n) is 6.43. The van der Waals surface area contributed by atoms with Crippen LogP contribution in [0.4, 0.5) is 5.69 Å². The highest BCUT2D eigenvalue weighted by atomic mass is 16.5. The zero-order chi connectivity index (χ0) is 24.6. The molecule has 3 aromatic rings. The molecule has 2 N–H and O–H groups in total. The maximum absolute atomic E-state index is 11.5. The molecule has 2 heterocycles. The van der Waals surface area contributed by atoms with Gasteiger partial charge in [0.05, 0.1) is 41.6 Å². The Bertz CT molecular complexity index is 1220. The van der Waals surface area contributed by atoms with Crippen LogP contribution in [0.1, 0.15) is 38.8 Å². The lowest BCUT2D eigenvalue weighted by Gasteiger charge is -2.22. The number of anilines is 1. The van der Waals surface area contributed by atoms with Crippen LogP contribution in [0.5, 0.6) is 5.75 Å². The summed E-state index contributed by atoms with van der Waals surface area (Å²) in [5.41, 5.74) is 2.96. The number of hydrogen-bond donors (Lipinski definition) is 2. The predicted molar refractivity (Wildman–Crippen MR) is 132 cm³/mol. The number of carbonyl (C=O) groups is 1. The van der Waals surface area contributed by atoms with Crippen molar-refractivity contribution in [1.82, 2.24) is 9.78 Å². The molecule has 1 aliphatic heterocycles. The van der Waals surface area contributed by atoms with E-state index in [0.29, 0.717) is 18.3 Å². The fraction of sp³-hybridized carbons (Fsp3) is 0.407. The molecule has 2 aliphatic rings. The molecule has 1 saturated carbocycles. The molecule has 0 amide bonds. The molecule has 5 rings (SSSR count). The van der Waals surface area contributed by atoms with Crippen LogP contribution in [-0.2, 0) is 16.1 Å². The largest absolute Gasteiger partial charge is 0.490 e. The highest BCUT2D eigenvalue weighted by Crippen LogP contribution is 2.34. The summed E-state index contributed by atoms with van der Waals surface area (Å²) in [6, 6.07) is 17.9. The van der Waals surface area contributed by atoms with Crippen molar-refractivity contribution in [3.8, 4) is 22.7 Å².